The number of fused-ring (bicyclic) bond motifs is 1. The number of aromatic hydroxyl groups is 1. The first-order valence-corrected chi connectivity index (χ1v) is 10.7. The summed E-state index contributed by atoms with van der Waals surface area (Å²) in [4.78, 5) is 12.6. The molecule has 0 aliphatic carbocycles. The standard InChI is InChI=1S/C25H22O3S/c26-23-21-13-7-8-14-22(21)28-25(27)24(23)29-16-15-20(19-11-5-2-6-12-19)17-18-9-3-1-4-10-18/h1-14,20,26H,15-17H2. The van der Waals surface area contributed by atoms with Gasteiger partial charge in [0.05, 0.1) is 5.39 Å². The molecule has 4 rings (SSSR count). The minimum atomic E-state index is -0.481. The predicted octanol–water partition coefficient (Wildman–Crippen LogP) is 6.01. The minimum absolute atomic E-state index is 0.0150. The molecule has 0 saturated heterocycles. The Kier molecular flexibility index (Phi) is 6.01. The summed E-state index contributed by atoms with van der Waals surface area (Å²) in [6.07, 6.45) is 1.82. The van der Waals surface area contributed by atoms with Gasteiger partial charge in [-0.1, -0.05) is 72.8 Å². The van der Waals surface area contributed by atoms with Crippen molar-refractivity contribution in [1.82, 2.24) is 0 Å². The van der Waals surface area contributed by atoms with Gasteiger partial charge >= 0.3 is 5.63 Å². The molecule has 1 unspecified atom stereocenters. The molecule has 146 valence electrons. The SMILES string of the molecule is O=c1oc2ccccc2c(O)c1SCCC(Cc1ccccc1)c1ccccc1. The van der Waals surface area contributed by atoms with Gasteiger partial charge in [0.2, 0.25) is 0 Å². The normalized spacial score (nSPS) is 12.1. The van der Waals surface area contributed by atoms with Gasteiger partial charge in [0.25, 0.3) is 0 Å². The van der Waals surface area contributed by atoms with Crippen LogP contribution < -0.4 is 5.63 Å². The smallest absolute Gasteiger partial charge is 0.353 e. The van der Waals surface area contributed by atoms with E-state index in [1.807, 2.05) is 18.2 Å². The summed E-state index contributed by atoms with van der Waals surface area (Å²) in [7, 11) is 0. The van der Waals surface area contributed by atoms with E-state index in [9.17, 15) is 9.90 Å². The van der Waals surface area contributed by atoms with Crippen LogP contribution in [0.15, 0.2) is 99.0 Å². The highest BCUT2D eigenvalue weighted by Gasteiger charge is 2.17. The third-order valence-electron chi connectivity index (χ3n) is 5.05. The Balaban J connectivity index is 1.52. The van der Waals surface area contributed by atoms with Gasteiger partial charge in [0.15, 0.2) is 0 Å². The van der Waals surface area contributed by atoms with E-state index in [4.69, 9.17) is 4.42 Å². The molecular formula is C25H22O3S. The van der Waals surface area contributed by atoms with Crippen molar-refractivity contribution in [2.24, 2.45) is 0 Å². The van der Waals surface area contributed by atoms with Crippen LogP contribution in [-0.2, 0) is 6.42 Å². The van der Waals surface area contributed by atoms with Gasteiger partial charge in [-0.2, -0.15) is 0 Å². The van der Waals surface area contributed by atoms with Gasteiger partial charge in [-0.25, -0.2) is 4.79 Å². The van der Waals surface area contributed by atoms with Crippen molar-refractivity contribution in [2.45, 2.75) is 23.7 Å². The van der Waals surface area contributed by atoms with Crippen LogP contribution in [-0.4, -0.2) is 10.9 Å². The van der Waals surface area contributed by atoms with Gasteiger partial charge in [-0.3, -0.25) is 0 Å². The van der Waals surface area contributed by atoms with Crippen molar-refractivity contribution >= 4 is 22.7 Å². The summed E-state index contributed by atoms with van der Waals surface area (Å²) in [6, 6.07) is 27.9. The van der Waals surface area contributed by atoms with E-state index in [0.29, 0.717) is 22.6 Å². The molecule has 4 heteroatoms. The van der Waals surface area contributed by atoms with Gasteiger partial charge in [-0.15, -0.1) is 11.8 Å². The topological polar surface area (TPSA) is 50.4 Å². The number of rotatable bonds is 7. The predicted molar refractivity (Wildman–Crippen MR) is 119 cm³/mol. The molecular weight excluding hydrogens is 380 g/mol. The third kappa shape index (κ3) is 4.54. The third-order valence-corrected chi connectivity index (χ3v) is 6.14. The second kappa shape index (κ2) is 9.01. The Morgan fingerprint density at radius 2 is 1.52 bits per heavy atom. The van der Waals surface area contributed by atoms with E-state index in [0.717, 1.165) is 12.8 Å². The lowest BCUT2D eigenvalue weighted by atomic mass is 9.90. The Morgan fingerprint density at radius 3 is 2.28 bits per heavy atom. The van der Waals surface area contributed by atoms with Crippen LogP contribution in [0.1, 0.15) is 23.5 Å². The second-order valence-electron chi connectivity index (χ2n) is 7.00. The molecule has 4 aromatic rings. The van der Waals surface area contributed by atoms with Crippen LogP contribution in [0.4, 0.5) is 0 Å². The zero-order valence-corrected chi connectivity index (χ0v) is 16.8. The first kappa shape index (κ1) is 19.3. The molecule has 0 aliphatic heterocycles. The largest absolute Gasteiger partial charge is 0.506 e. The highest BCUT2D eigenvalue weighted by atomic mass is 32.2. The molecule has 0 aliphatic rings. The van der Waals surface area contributed by atoms with Gasteiger partial charge in [-0.05, 0) is 47.8 Å². The Hall–Kier alpha value is -2.98. The second-order valence-corrected chi connectivity index (χ2v) is 8.10. The summed E-state index contributed by atoms with van der Waals surface area (Å²) in [6.45, 7) is 0. The van der Waals surface area contributed by atoms with Crippen molar-refractivity contribution < 1.29 is 9.52 Å². The highest BCUT2D eigenvalue weighted by molar-refractivity contribution is 7.99. The molecule has 1 aromatic heterocycles. The number of benzene rings is 3. The molecule has 3 aromatic carbocycles. The maximum absolute atomic E-state index is 12.3. The van der Waals surface area contributed by atoms with Crippen molar-refractivity contribution in [3.05, 3.63) is 106 Å². The minimum Gasteiger partial charge on any atom is -0.506 e. The van der Waals surface area contributed by atoms with Crippen LogP contribution in [0.2, 0.25) is 0 Å². The molecule has 0 fully saturated rings. The number of thioether (sulfide) groups is 1. The first-order chi connectivity index (χ1) is 14.2. The Morgan fingerprint density at radius 1 is 0.862 bits per heavy atom. The summed E-state index contributed by atoms with van der Waals surface area (Å²) in [5.74, 6) is 1.06. The number of hydrogen-bond acceptors (Lipinski definition) is 4. The zero-order chi connectivity index (χ0) is 20.1. The number of hydrogen-bond donors (Lipinski definition) is 1. The fourth-order valence-corrected chi connectivity index (χ4v) is 4.57. The average Bonchev–Trinajstić information content (AvgIpc) is 2.76. The lowest BCUT2D eigenvalue weighted by Crippen LogP contribution is -2.07. The van der Waals surface area contributed by atoms with E-state index in [-0.39, 0.29) is 10.6 Å². The van der Waals surface area contributed by atoms with Gasteiger partial charge in [0.1, 0.15) is 16.2 Å². The average molecular weight is 403 g/mol. The van der Waals surface area contributed by atoms with Crippen LogP contribution in [0.25, 0.3) is 11.0 Å². The van der Waals surface area contributed by atoms with Crippen LogP contribution in [0.5, 0.6) is 5.75 Å². The molecule has 29 heavy (non-hydrogen) atoms. The maximum atomic E-state index is 12.3. The van der Waals surface area contributed by atoms with E-state index >= 15 is 0 Å². The fourth-order valence-electron chi connectivity index (χ4n) is 3.56. The van der Waals surface area contributed by atoms with Crippen LogP contribution >= 0.6 is 11.8 Å². The van der Waals surface area contributed by atoms with Gasteiger partial charge < -0.3 is 9.52 Å². The Bertz CT molecular complexity index is 1140. The van der Waals surface area contributed by atoms with Crippen LogP contribution in [0.3, 0.4) is 0 Å². The molecule has 0 bridgehead atoms. The highest BCUT2D eigenvalue weighted by Crippen LogP contribution is 2.34. The molecule has 1 N–H and O–H groups in total. The molecule has 0 saturated carbocycles. The monoisotopic (exact) mass is 402 g/mol. The molecule has 1 atom stereocenters. The lowest BCUT2D eigenvalue weighted by Gasteiger charge is -2.17. The zero-order valence-electron chi connectivity index (χ0n) is 16.0. The van der Waals surface area contributed by atoms with Crippen molar-refractivity contribution in [3.63, 3.8) is 0 Å². The molecule has 1 heterocycles. The fraction of sp³-hybridized carbons (Fsp3) is 0.160. The quantitative estimate of drug-likeness (QED) is 0.304. The molecule has 0 radical (unpaired) electrons. The van der Waals surface area contributed by atoms with Crippen molar-refractivity contribution in [3.8, 4) is 5.75 Å². The summed E-state index contributed by atoms with van der Waals surface area (Å²) < 4.78 is 5.38. The lowest BCUT2D eigenvalue weighted by molar-refractivity contribution is 0.447. The first-order valence-electron chi connectivity index (χ1n) is 9.69. The summed E-state index contributed by atoms with van der Waals surface area (Å²) in [5, 5.41) is 11.1. The molecule has 0 spiro atoms. The van der Waals surface area contributed by atoms with E-state index in [1.54, 1.807) is 18.2 Å². The molecule has 3 nitrogen and oxygen atoms in total. The van der Waals surface area contributed by atoms with Crippen molar-refractivity contribution in [2.75, 3.05) is 5.75 Å². The summed E-state index contributed by atoms with van der Waals surface area (Å²) >= 11 is 1.37. The van der Waals surface area contributed by atoms with Crippen LogP contribution in [0, 0.1) is 0 Å². The van der Waals surface area contributed by atoms with E-state index in [2.05, 4.69) is 48.5 Å². The van der Waals surface area contributed by atoms with Gasteiger partial charge in [0, 0.05) is 0 Å². The maximum Gasteiger partial charge on any atom is 0.353 e. The Labute approximate surface area is 174 Å². The number of para-hydroxylation sites is 1. The van der Waals surface area contributed by atoms with E-state index < -0.39 is 5.63 Å². The van der Waals surface area contributed by atoms with Crippen molar-refractivity contribution in [1.29, 1.82) is 0 Å². The summed E-state index contributed by atoms with van der Waals surface area (Å²) in [5.41, 5.74) is 2.50. The molecule has 0 amide bonds. The van der Waals surface area contributed by atoms with E-state index in [1.165, 1.54) is 22.9 Å².